The second-order valence-corrected chi connectivity index (χ2v) is 4.57. The molecule has 2 rings (SSSR count). The van der Waals surface area contributed by atoms with E-state index in [2.05, 4.69) is 6.07 Å². The Labute approximate surface area is 121 Å². The lowest BCUT2D eigenvalue weighted by Gasteiger charge is -2.22. The monoisotopic (exact) mass is 286 g/mol. The molecule has 0 aliphatic rings. The molecule has 0 unspecified atom stereocenters. The number of aromatic carboxylic acids is 1. The van der Waals surface area contributed by atoms with Crippen LogP contribution in [0.25, 0.3) is 0 Å². The first-order chi connectivity index (χ1) is 9.54. The van der Waals surface area contributed by atoms with E-state index >= 15 is 0 Å². The maximum absolute atomic E-state index is 10.9. The van der Waals surface area contributed by atoms with Gasteiger partial charge in [0.15, 0.2) is 0 Å². The van der Waals surface area contributed by atoms with Gasteiger partial charge >= 0.3 is 5.97 Å². The molecule has 100 valence electrons. The SMILES string of the molecule is CN(c1ccc(C(=O)O)cc1Cl)c1ccccc1C#N. The first kappa shape index (κ1) is 13.9. The molecule has 0 aliphatic carbocycles. The predicted octanol–water partition coefficient (Wildman–Crippen LogP) is 3.68. The van der Waals surface area contributed by atoms with Crippen molar-refractivity contribution < 1.29 is 9.90 Å². The number of carbonyl (C=O) groups is 1. The number of carboxylic acid groups (broad SMARTS) is 1. The molecule has 0 amide bonds. The molecule has 0 heterocycles. The van der Waals surface area contributed by atoms with Crippen LogP contribution in [-0.2, 0) is 0 Å². The van der Waals surface area contributed by atoms with Crippen LogP contribution in [0.3, 0.4) is 0 Å². The number of nitriles is 1. The number of anilines is 2. The third kappa shape index (κ3) is 2.58. The zero-order valence-electron chi connectivity index (χ0n) is 10.7. The van der Waals surface area contributed by atoms with Crippen LogP contribution in [0.4, 0.5) is 11.4 Å². The third-order valence-electron chi connectivity index (χ3n) is 2.94. The maximum atomic E-state index is 10.9. The van der Waals surface area contributed by atoms with E-state index < -0.39 is 5.97 Å². The van der Waals surface area contributed by atoms with Crippen molar-refractivity contribution in [3.8, 4) is 6.07 Å². The van der Waals surface area contributed by atoms with Crippen LogP contribution in [0.2, 0.25) is 5.02 Å². The van der Waals surface area contributed by atoms with E-state index in [-0.39, 0.29) is 5.56 Å². The fourth-order valence-corrected chi connectivity index (χ4v) is 2.21. The van der Waals surface area contributed by atoms with Gasteiger partial charge in [-0.1, -0.05) is 23.7 Å². The number of halogens is 1. The van der Waals surface area contributed by atoms with E-state index in [0.29, 0.717) is 22.0 Å². The topological polar surface area (TPSA) is 64.3 Å². The molecule has 1 N–H and O–H groups in total. The minimum absolute atomic E-state index is 0.126. The van der Waals surface area contributed by atoms with Gasteiger partial charge < -0.3 is 10.0 Å². The summed E-state index contributed by atoms with van der Waals surface area (Å²) in [6.45, 7) is 0. The van der Waals surface area contributed by atoms with Crippen molar-refractivity contribution in [3.05, 3.63) is 58.6 Å². The Morgan fingerprint density at radius 2 is 1.95 bits per heavy atom. The number of rotatable bonds is 3. The highest BCUT2D eigenvalue weighted by atomic mass is 35.5. The largest absolute Gasteiger partial charge is 0.478 e. The van der Waals surface area contributed by atoms with Crippen LogP contribution < -0.4 is 4.90 Å². The second kappa shape index (κ2) is 5.64. The Bertz CT molecular complexity index is 707. The smallest absolute Gasteiger partial charge is 0.335 e. The van der Waals surface area contributed by atoms with Gasteiger partial charge in [0.05, 0.1) is 27.5 Å². The highest BCUT2D eigenvalue weighted by Gasteiger charge is 2.13. The Morgan fingerprint density at radius 3 is 2.55 bits per heavy atom. The Morgan fingerprint density at radius 1 is 1.25 bits per heavy atom. The van der Waals surface area contributed by atoms with Crippen LogP contribution in [0.15, 0.2) is 42.5 Å². The van der Waals surface area contributed by atoms with E-state index in [0.717, 1.165) is 0 Å². The summed E-state index contributed by atoms with van der Waals surface area (Å²) in [5.41, 5.74) is 1.99. The van der Waals surface area contributed by atoms with Crippen LogP contribution in [0, 0.1) is 11.3 Å². The highest BCUT2D eigenvalue weighted by Crippen LogP contribution is 2.32. The van der Waals surface area contributed by atoms with Crippen LogP contribution in [-0.4, -0.2) is 18.1 Å². The zero-order chi connectivity index (χ0) is 14.7. The van der Waals surface area contributed by atoms with E-state index in [1.165, 1.54) is 12.1 Å². The highest BCUT2D eigenvalue weighted by molar-refractivity contribution is 6.33. The van der Waals surface area contributed by atoms with Crippen LogP contribution in [0.5, 0.6) is 0 Å². The van der Waals surface area contributed by atoms with E-state index in [1.807, 2.05) is 6.07 Å². The van der Waals surface area contributed by atoms with E-state index in [4.69, 9.17) is 22.0 Å². The molecule has 0 radical (unpaired) electrons. The van der Waals surface area contributed by atoms with E-state index in [9.17, 15) is 4.79 Å². The van der Waals surface area contributed by atoms with Crippen LogP contribution >= 0.6 is 11.6 Å². The van der Waals surface area contributed by atoms with Gasteiger partial charge in [-0.15, -0.1) is 0 Å². The number of benzene rings is 2. The quantitative estimate of drug-likeness (QED) is 0.935. The van der Waals surface area contributed by atoms with Gasteiger partial charge in [0, 0.05) is 7.05 Å². The summed E-state index contributed by atoms with van der Waals surface area (Å²) < 4.78 is 0. The molecule has 0 fully saturated rings. The number of carboxylic acids is 1. The van der Waals surface area contributed by atoms with Gasteiger partial charge in [-0.25, -0.2) is 4.79 Å². The average Bonchev–Trinajstić information content (AvgIpc) is 2.46. The lowest BCUT2D eigenvalue weighted by atomic mass is 10.1. The molecular weight excluding hydrogens is 276 g/mol. The van der Waals surface area contributed by atoms with Gasteiger partial charge in [0.2, 0.25) is 0 Å². The molecule has 0 aromatic heterocycles. The Balaban J connectivity index is 2.46. The second-order valence-electron chi connectivity index (χ2n) is 4.16. The summed E-state index contributed by atoms with van der Waals surface area (Å²) in [5.74, 6) is -1.03. The van der Waals surface area contributed by atoms with Crippen molar-refractivity contribution in [1.29, 1.82) is 5.26 Å². The minimum atomic E-state index is -1.03. The predicted molar refractivity (Wildman–Crippen MR) is 77.6 cm³/mol. The van der Waals surface area contributed by atoms with Crippen LogP contribution in [0.1, 0.15) is 15.9 Å². The maximum Gasteiger partial charge on any atom is 0.335 e. The number of para-hydroxylation sites is 1. The van der Waals surface area contributed by atoms with E-state index in [1.54, 1.807) is 36.2 Å². The molecule has 0 spiro atoms. The van der Waals surface area contributed by atoms with Crippen molar-refractivity contribution in [3.63, 3.8) is 0 Å². The summed E-state index contributed by atoms with van der Waals surface area (Å²) >= 11 is 6.13. The number of nitrogens with zero attached hydrogens (tertiary/aromatic N) is 2. The summed E-state index contributed by atoms with van der Waals surface area (Å²) in [6.07, 6.45) is 0. The Kier molecular flexibility index (Phi) is 3.92. The molecule has 0 saturated heterocycles. The molecular formula is C15H11ClN2O2. The van der Waals surface area contributed by atoms with Crippen molar-refractivity contribution in [2.75, 3.05) is 11.9 Å². The van der Waals surface area contributed by atoms with Gasteiger partial charge in [-0.05, 0) is 30.3 Å². The molecule has 0 bridgehead atoms. The normalized spacial score (nSPS) is 9.85. The molecule has 2 aromatic rings. The first-order valence-corrected chi connectivity index (χ1v) is 6.18. The van der Waals surface area contributed by atoms with Crippen molar-refractivity contribution in [2.24, 2.45) is 0 Å². The third-order valence-corrected chi connectivity index (χ3v) is 3.24. The molecule has 0 saturated carbocycles. The van der Waals surface area contributed by atoms with Gasteiger partial charge in [-0.2, -0.15) is 5.26 Å². The fourth-order valence-electron chi connectivity index (χ4n) is 1.90. The summed E-state index contributed by atoms with van der Waals surface area (Å²) in [5, 5.41) is 18.4. The number of hydrogen-bond donors (Lipinski definition) is 1. The lowest BCUT2D eigenvalue weighted by Crippen LogP contribution is -2.12. The molecule has 2 aromatic carbocycles. The Hall–Kier alpha value is -2.51. The fraction of sp³-hybridized carbons (Fsp3) is 0.0667. The molecule has 4 nitrogen and oxygen atoms in total. The average molecular weight is 287 g/mol. The van der Waals surface area contributed by atoms with Crippen molar-refractivity contribution in [1.82, 2.24) is 0 Å². The number of hydrogen-bond acceptors (Lipinski definition) is 3. The van der Waals surface area contributed by atoms with Crippen molar-refractivity contribution in [2.45, 2.75) is 0 Å². The summed E-state index contributed by atoms with van der Waals surface area (Å²) in [7, 11) is 1.78. The zero-order valence-corrected chi connectivity index (χ0v) is 11.4. The summed E-state index contributed by atoms with van der Waals surface area (Å²) in [6, 6.07) is 13.7. The van der Waals surface area contributed by atoms with Gasteiger partial charge in [-0.3, -0.25) is 0 Å². The molecule has 0 atom stereocenters. The standard InChI is InChI=1S/C15H11ClN2O2/c1-18(13-5-3-2-4-11(13)9-17)14-7-6-10(15(19)20)8-12(14)16/h2-8H,1H3,(H,19,20). The molecule has 20 heavy (non-hydrogen) atoms. The first-order valence-electron chi connectivity index (χ1n) is 5.80. The summed E-state index contributed by atoms with van der Waals surface area (Å²) in [4.78, 5) is 12.6. The lowest BCUT2D eigenvalue weighted by molar-refractivity contribution is 0.0697. The van der Waals surface area contributed by atoms with Gasteiger partial charge in [0.25, 0.3) is 0 Å². The van der Waals surface area contributed by atoms with Crippen molar-refractivity contribution >= 4 is 28.9 Å². The molecule has 5 heteroatoms. The minimum Gasteiger partial charge on any atom is -0.478 e. The molecule has 0 aliphatic heterocycles. The van der Waals surface area contributed by atoms with Gasteiger partial charge in [0.1, 0.15) is 6.07 Å².